The maximum Gasteiger partial charge on any atom is 0.573 e. The van der Waals surface area contributed by atoms with Gasteiger partial charge in [-0.25, -0.2) is 4.39 Å². The number of thioether (sulfide) groups is 1. The third-order valence-electron chi connectivity index (χ3n) is 1.36. The molecule has 0 N–H and O–H groups in total. The summed E-state index contributed by atoms with van der Waals surface area (Å²) in [5.74, 6) is -1.27. The first-order valence-corrected chi connectivity index (χ1v) is 4.74. The van der Waals surface area contributed by atoms with Crippen molar-refractivity contribution >= 4 is 11.8 Å². The van der Waals surface area contributed by atoms with Crippen molar-refractivity contribution < 1.29 is 22.3 Å². The monoisotopic (exact) mass is 226 g/mol. The van der Waals surface area contributed by atoms with Crippen molar-refractivity contribution in [3.63, 3.8) is 0 Å². The number of halogens is 4. The van der Waals surface area contributed by atoms with E-state index in [2.05, 4.69) is 4.74 Å². The summed E-state index contributed by atoms with van der Waals surface area (Å²) in [7, 11) is 0. The van der Waals surface area contributed by atoms with Gasteiger partial charge in [0.2, 0.25) is 0 Å². The topological polar surface area (TPSA) is 9.23 Å². The van der Waals surface area contributed by atoms with Crippen molar-refractivity contribution in [3.8, 4) is 5.75 Å². The highest BCUT2D eigenvalue weighted by Crippen LogP contribution is 2.27. The summed E-state index contributed by atoms with van der Waals surface area (Å²) in [5, 5.41) is 0. The first kappa shape index (κ1) is 11.2. The molecule has 1 aromatic rings. The molecule has 0 saturated heterocycles. The van der Waals surface area contributed by atoms with E-state index in [1.165, 1.54) is 6.07 Å². The van der Waals surface area contributed by atoms with Crippen LogP contribution in [-0.4, -0.2) is 12.6 Å². The Balaban J connectivity index is 2.87. The van der Waals surface area contributed by atoms with Crippen molar-refractivity contribution in [2.24, 2.45) is 0 Å². The molecule has 0 bridgehead atoms. The fraction of sp³-hybridized carbons (Fsp3) is 0.250. The average molecular weight is 226 g/mol. The molecule has 0 heterocycles. The molecule has 0 aliphatic heterocycles. The molecule has 0 spiro atoms. The minimum atomic E-state index is -4.78. The van der Waals surface area contributed by atoms with Gasteiger partial charge >= 0.3 is 6.36 Å². The molecule has 14 heavy (non-hydrogen) atoms. The van der Waals surface area contributed by atoms with E-state index in [9.17, 15) is 17.6 Å². The third-order valence-corrected chi connectivity index (χ3v) is 2.13. The Hall–Kier alpha value is -0.910. The second kappa shape index (κ2) is 4.08. The van der Waals surface area contributed by atoms with Crippen LogP contribution in [0, 0.1) is 5.82 Å². The maximum absolute atomic E-state index is 13.0. The quantitative estimate of drug-likeness (QED) is 0.564. The highest BCUT2D eigenvalue weighted by molar-refractivity contribution is 7.98. The van der Waals surface area contributed by atoms with Crippen molar-refractivity contribution in [1.82, 2.24) is 0 Å². The van der Waals surface area contributed by atoms with E-state index in [0.29, 0.717) is 6.07 Å². The number of alkyl halides is 3. The molecule has 0 amide bonds. The zero-order valence-electron chi connectivity index (χ0n) is 7.06. The Morgan fingerprint density at radius 2 is 1.93 bits per heavy atom. The fourth-order valence-corrected chi connectivity index (χ4v) is 1.30. The van der Waals surface area contributed by atoms with E-state index in [1.54, 1.807) is 6.26 Å². The molecular weight excluding hydrogens is 220 g/mol. The van der Waals surface area contributed by atoms with Crippen LogP contribution in [0.1, 0.15) is 0 Å². The molecule has 0 atom stereocenters. The minimum Gasteiger partial charge on any atom is -0.406 e. The van der Waals surface area contributed by atoms with Gasteiger partial charge in [-0.05, 0) is 18.4 Å². The second-order valence-corrected chi connectivity index (χ2v) is 3.19. The standard InChI is InChI=1S/C8H6F4OS/c1-14-7-3-2-5(4-6(7)9)13-8(10,11)12/h2-4H,1H3. The Labute approximate surface area is 82.1 Å². The van der Waals surface area contributed by atoms with E-state index in [-0.39, 0.29) is 4.90 Å². The lowest BCUT2D eigenvalue weighted by molar-refractivity contribution is -0.274. The lowest BCUT2D eigenvalue weighted by Gasteiger charge is -2.09. The van der Waals surface area contributed by atoms with Gasteiger partial charge < -0.3 is 4.74 Å². The summed E-state index contributed by atoms with van der Waals surface area (Å²) in [4.78, 5) is 0.277. The highest BCUT2D eigenvalue weighted by Gasteiger charge is 2.31. The van der Waals surface area contributed by atoms with Crippen molar-refractivity contribution in [2.75, 3.05) is 6.26 Å². The summed E-state index contributed by atoms with van der Waals surface area (Å²) in [6.45, 7) is 0. The summed E-state index contributed by atoms with van der Waals surface area (Å²) in [5.41, 5.74) is 0. The first-order chi connectivity index (χ1) is 6.42. The lowest BCUT2D eigenvalue weighted by atomic mass is 10.3. The Morgan fingerprint density at radius 1 is 1.29 bits per heavy atom. The number of ether oxygens (including phenoxy) is 1. The average Bonchev–Trinajstić information content (AvgIpc) is 2.01. The van der Waals surface area contributed by atoms with Gasteiger partial charge in [0, 0.05) is 11.0 Å². The smallest absolute Gasteiger partial charge is 0.406 e. The van der Waals surface area contributed by atoms with E-state index in [1.807, 2.05) is 0 Å². The fourth-order valence-electron chi connectivity index (χ4n) is 0.844. The van der Waals surface area contributed by atoms with Gasteiger partial charge in [0.05, 0.1) is 0 Å². The van der Waals surface area contributed by atoms with Gasteiger partial charge in [-0.3, -0.25) is 0 Å². The normalized spacial score (nSPS) is 11.5. The molecule has 0 saturated carbocycles. The van der Waals surface area contributed by atoms with Crippen LogP contribution in [0.25, 0.3) is 0 Å². The van der Waals surface area contributed by atoms with Crippen LogP contribution >= 0.6 is 11.8 Å². The largest absolute Gasteiger partial charge is 0.573 e. The molecular formula is C8H6F4OS. The number of hydrogen-bond acceptors (Lipinski definition) is 2. The summed E-state index contributed by atoms with van der Waals surface area (Å²) in [6.07, 6.45) is -3.16. The SMILES string of the molecule is CSc1ccc(OC(F)(F)F)cc1F. The molecule has 0 fully saturated rings. The zero-order chi connectivity index (χ0) is 10.8. The van der Waals surface area contributed by atoms with Crippen LogP contribution in [0.4, 0.5) is 17.6 Å². The molecule has 0 aromatic heterocycles. The Bertz CT molecular complexity index is 324. The van der Waals surface area contributed by atoms with Crippen LogP contribution < -0.4 is 4.74 Å². The molecule has 0 radical (unpaired) electrons. The second-order valence-electron chi connectivity index (χ2n) is 2.34. The predicted molar refractivity (Wildman–Crippen MR) is 44.9 cm³/mol. The van der Waals surface area contributed by atoms with Crippen LogP contribution in [0.2, 0.25) is 0 Å². The predicted octanol–water partition coefficient (Wildman–Crippen LogP) is 3.45. The molecule has 0 aliphatic carbocycles. The van der Waals surface area contributed by atoms with Gasteiger partial charge in [-0.15, -0.1) is 24.9 Å². The van der Waals surface area contributed by atoms with Gasteiger partial charge in [-0.1, -0.05) is 0 Å². The van der Waals surface area contributed by atoms with Gasteiger partial charge in [0.25, 0.3) is 0 Å². The summed E-state index contributed by atoms with van der Waals surface area (Å²) >= 11 is 1.11. The first-order valence-electron chi connectivity index (χ1n) is 3.51. The van der Waals surface area contributed by atoms with Crippen LogP contribution in [0.3, 0.4) is 0 Å². The van der Waals surface area contributed by atoms with Gasteiger partial charge in [0.15, 0.2) is 0 Å². The van der Waals surface area contributed by atoms with Crippen LogP contribution in [0.5, 0.6) is 5.75 Å². The Kier molecular flexibility index (Phi) is 3.25. The Morgan fingerprint density at radius 3 is 2.36 bits per heavy atom. The molecule has 1 rings (SSSR count). The van der Waals surface area contributed by atoms with E-state index < -0.39 is 17.9 Å². The molecule has 0 aliphatic rings. The summed E-state index contributed by atoms with van der Waals surface area (Å²) < 4.78 is 51.6. The lowest BCUT2D eigenvalue weighted by Crippen LogP contribution is -2.17. The zero-order valence-corrected chi connectivity index (χ0v) is 7.88. The molecule has 1 aromatic carbocycles. The molecule has 0 unspecified atom stereocenters. The van der Waals surface area contributed by atoms with Crippen molar-refractivity contribution in [3.05, 3.63) is 24.0 Å². The van der Waals surface area contributed by atoms with Gasteiger partial charge in [-0.2, -0.15) is 0 Å². The van der Waals surface area contributed by atoms with Crippen molar-refractivity contribution in [2.45, 2.75) is 11.3 Å². The molecule has 1 nitrogen and oxygen atoms in total. The summed E-state index contributed by atoms with van der Waals surface area (Å²) in [6, 6.07) is 3.02. The maximum atomic E-state index is 13.0. The molecule has 78 valence electrons. The number of hydrogen-bond donors (Lipinski definition) is 0. The highest BCUT2D eigenvalue weighted by atomic mass is 32.2. The number of benzene rings is 1. The van der Waals surface area contributed by atoms with E-state index >= 15 is 0 Å². The number of rotatable bonds is 2. The van der Waals surface area contributed by atoms with Crippen LogP contribution in [-0.2, 0) is 0 Å². The third kappa shape index (κ3) is 3.10. The van der Waals surface area contributed by atoms with E-state index in [4.69, 9.17) is 0 Å². The molecule has 6 heteroatoms. The van der Waals surface area contributed by atoms with Crippen molar-refractivity contribution in [1.29, 1.82) is 0 Å². The van der Waals surface area contributed by atoms with Crippen LogP contribution in [0.15, 0.2) is 23.1 Å². The minimum absolute atomic E-state index is 0.277. The van der Waals surface area contributed by atoms with E-state index in [0.717, 1.165) is 17.8 Å². The van der Waals surface area contributed by atoms with Gasteiger partial charge in [0.1, 0.15) is 11.6 Å².